The van der Waals surface area contributed by atoms with Crippen LogP contribution < -0.4 is 9.47 Å². The summed E-state index contributed by atoms with van der Waals surface area (Å²) in [5, 5.41) is 0.359. The number of fused-ring (bicyclic) bond motifs is 1. The molecule has 2 aromatic rings. The van der Waals surface area contributed by atoms with Crippen LogP contribution in [0.3, 0.4) is 0 Å². The Kier molecular flexibility index (Phi) is 3.92. The molecule has 108 valence electrons. The molecule has 0 unspecified atom stereocenters. The van der Waals surface area contributed by atoms with Gasteiger partial charge in [-0.3, -0.25) is 0 Å². The Balaban J connectivity index is 1.74. The summed E-state index contributed by atoms with van der Waals surface area (Å²) in [6, 6.07) is 8.52. The molecule has 6 heteroatoms. The number of esters is 1. The second kappa shape index (κ2) is 6.01. The van der Waals surface area contributed by atoms with E-state index in [-0.39, 0.29) is 6.61 Å². The molecule has 21 heavy (non-hydrogen) atoms. The van der Waals surface area contributed by atoms with Crippen LogP contribution in [-0.2, 0) is 11.3 Å². The fourth-order valence-corrected chi connectivity index (χ4v) is 2.19. The fourth-order valence-electron chi connectivity index (χ4n) is 1.99. The van der Waals surface area contributed by atoms with E-state index in [2.05, 4.69) is 4.98 Å². The molecule has 1 aromatic carbocycles. The van der Waals surface area contributed by atoms with E-state index in [9.17, 15) is 4.79 Å². The molecular weight excluding hydrogens is 294 g/mol. The summed E-state index contributed by atoms with van der Waals surface area (Å²) >= 11 is 5.78. The molecule has 0 amide bonds. The van der Waals surface area contributed by atoms with Crippen molar-refractivity contribution < 1.29 is 19.0 Å². The average molecular weight is 306 g/mol. The number of benzene rings is 1. The normalized spacial score (nSPS) is 12.8. The van der Waals surface area contributed by atoms with E-state index in [0.29, 0.717) is 35.4 Å². The van der Waals surface area contributed by atoms with Crippen LogP contribution in [0.2, 0.25) is 5.15 Å². The summed E-state index contributed by atoms with van der Waals surface area (Å²) < 4.78 is 16.2. The van der Waals surface area contributed by atoms with E-state index in [1.807, 2.05) is 0 Å². The Morgan fingerprint density at radius 3 is 3.00 bits per heavy atom. The first-order valence-electron chi connectivity index (χ1n) is 6.40. The predicted octanol–water partition coefficient (Wildman–Crippen LogP) is 2.86. The fraction of sp³-hybridized carbons (Fsp3) is 0.200. The van der Waals surface area contributed by atoms with Crippen molar-refractivity contribution in [3.8, 4) is 11.5 Å². The molecule has 1 aromatic heterocycles. The minimum atomic E-state index is -0.467. The number of carbonyl (C=O) groups is 1. The van der Waals surface area contributed by atoms with Crippen molar-refractivity contribution >= 4 is 17.6 Å². The third-order valence-electron chi connectivity index (χ3n) is 2.95. The molecule has 0 radical (unpaired) electrons. The number of ether oxygens (including phenoxy) is 3. The molecule has 0 spiro atoms. The zero-order valence-electron chi connectivity index (χ0n) is 11.0. The van der Waals surface area contributed by atoms with Gasteiger partial charge in [-0.05, 0) is 29.8 Å². The van der Waals surface area contributed by atoms with Crippen molar-refractivity contribution in [3.05, 3.63) is 52.8 Å². The lowest BCUT2D eigenvalue weighted by atomic mass is 10.2. The number of hydrogen-bond acceptors (Lipinski definition) is 5. The topological polar surface area (TPSA) is 57.7 Å². The smallest absolute Gasteiger partial charge is 0.342 e. The number of hydrogen-bond donors (Lipinski definition) is 0. The van der Waals surface area contributed by atoms with Crippen LogP contribution in [-0.4, -0.2) is 24.2 Å². The lowest BCUT2D eigenvalue weighted by Gasteiger charge is -2.20. The number of carbonyl (C=O) groups excluding carboxylic acids is 1. The standard InChI is InChI=1S/C15H12ClNO4/c16-13-8-10(4-5-17-13)9-21-15(18)11-2-1-3-12-14(11)20-7-6-19-12/h1-5,8H,6-7,9H2. The highest BCUT2D eigenvalue weighted by Gasteiger charge is 2.21. The van der Waals surface area contributed by atoms with Gasteiger partial charge in [0.15, 0.2) is 11.5 Å². The molecule has 0 bridgehead atoms. The number of halogens is 1. The van der Waals surface area contributed by atoms with Gasteiger partial charge in [0.1, 0.15) is 30.5 Å². The van der Waals surface area contributed by atoms with E-state index in [4.69, 9.17) is 25.8 Å². The van der Waals surface area contributed by atoms with Crippen LogP contribution in [0.4, 0.5) is 0 Å². The van der Waals surface area contributed by atoms with Crippen molar-refractivity contribution in [3.63, 3.8) is 0 Å². The van der Waals surface area contributed by atoms with E-state index in [0.717, 1.165) is 5.56 Å². The molecule has 0 fully saturated rings. The number of para-hydroxylation sites is 1. The van der Waals surface area contributed by atoms with E-state index in [1.165, 1.54) is 0 Å². The van der Waals surface area contributed by atoms with Crippen molar-refractivity contribution in [2.45, 2.75) is 6.61 Å². The molecule has 1 aliphatic rings. The summed E-state index contributed by atoms with van der Waals surface area (Å²) in [6.07, 6.45) is 1.56. The van der Waals surface area contributed by atoms with Gasteiger partial charge >= 0.3 is 5.97 Å². The van der Waals surface area contributed by atoms with Crippen molar-refractivity contribution in [2.24, 2.45) is 0 Å². The van der Waals surface area contributed by atoms with Crippen LogP contribution in [0.5, 0.6) is 11.5 Å². The van der Waals surface area contributed by atoms with Gasteiger partial charge in [0.25, 0.3) is 0 Å². The Bertz CT molecular complexity index is 674. The molecule has 0 saturated carbocycles. The van der Waals surface area contributed by atoms with E-state index < -0.39 is 5.97 Å². The Morgan fingerprint density at radius 2 is 2.14 bits per heavy atom. The van der Waals surface area contributed by atoms with Crippen LogP contribution in [0.1, 0.15) is 15.9 Å². The largest absolute Gasteiger partial charge is 0.486 e. The Hall–Kier alpha value is -2.27. The summed E-state index contributed by atoms with van der Waals surface area (Å²) in [4.78, 5) is 16.0. The second-order valence-corrected chi connectivity index (χ2v) is 4.78. The van der Waals surface area contributed by atoms with Gasteiger partial charge in [-0.1, -0.05) is 17.7 Å². The minimum Gasteiger partial charge on any atom is -0.486 e. The summed E-state index contributed by atoms with van der Waals surface area (Å²) in [5.41, 5.74) is 1.12. The lowest BCUT2D eigenvalue weighted by molar-refractivity contribution is 0.0463. The molecule has 5 nitrogen and oxygen atoms in total. The van der Waals surface area contributed by atoms with Crippen LogP contribution in [0, 0.1) is 0 Å². The number of aromatic nitrogens is 1. The molecular formula is C15H12ClNO4. The van der Waals surface area contributed by atoms with Crippen molar-refractivity contribution in [1.29, 1.82) is 0 Å². The molecule has 0 aliphatic carbocycles. The molecule has 3 rings (SSSR count). The molecule has 2 heterocycles. The summed E-state index contributed by atoms with van der Waals surface area (Å²) in [5.74, 6) is 0.523. The maximum Gasteiger partial charge on any atom is 0.342 e. The van der Waals surface area contributed by atoms with Gasteiger partial charge in [0.05, 0.1) is 0 Å². The van der Waals surface area contributed by atoms with Crippen LogP contribution >= 0.6 is 11.6 Å². The number of pyridine rings is 1. The van der Waals surface area contributed by atoms with Gasteiger partial charge in [-0.2, -0.15) is 0 Å². The zero-order valence-corrected chi connectivity index (χ0v) is 11.8. The van der Waals surface area contributed by atoms with E-state index >= 15 is 0 Å². The molecule has 0 saturated heterocycles. The molecule has 1 aliphatic heterocycles. The maximum atomic E-state index is 12.2. The zero-order chi connectivity index (χ0) is 14.7. The quantitative estimate of drug-likeness (QED) is 0.644. The first kappa shape index (κ1) is 13.7. The second-order valence-electron chi connectivity index (χ2n) is 4.39. The van der Waals surface area contributed by atoms with Crippen molar-refractivity contribution in [1.82, 2.24) is 4.98 Å². The highest BCUT2D eigenvalue weighted by atomic mass is 35.5. The molecule has 0 atom stereocenters. The third-order valence-corrected chi connectivity index (χ3v) is 3.15. The van der Waals surface area contributed by atoms with Gasteiger partial charge in [0, 0.05) is 6.20 Å². The van der Waals surface area contributed by atoms with Gasteiger partial charge < -0.3 is 14.2 Å². The lowest BCUT2D eigenvalue weighted by Crippen LogP contribution is -2.18. The monoisotopic (exact) mass is 305 g/mol. The van der Waals surface area contributed by atoms with Crippen LogP contribution in [0.25, 0.3) is 0 Å². The predicted molar refractivity (Wildman–Crippen MR) is 75.8 cm³/mol. The van der Waals surface area contributed by atoms with E-state index in [1.54, 1.807) is 36.5 Å². The Labute approximate surface area is 126 Å². The van der Waals surface area contributed by atoms with Crippen molar-refractivity contribution in [2.75, 3.05) is 13.2 Å². The van der Waals surface area contributed by atoms with Crippen LogP contribution in [0.15, 0.2) is 36.5 Å². The third kappa shape index (κ3) is 3.08. The van der Waals surface area contributed by atoms with Gasteiger partial charge in [0.2, 0.25) is 0 Å². The summed E-state index contributed by atoms with van der Waals surface area (Å²) in [6.45, 7) is 1.00. The minimum absolute atomic E-state index is 0.117. The van der Waals surface area contributed by atoms with Gasteiger partial charge in [-0.15, -0.1) is 0 Å². The first-order valence-corrected chi connectivity index (χ1v) is 6.78. The average Bonchev–Trinajstić information content (AvgIpc) is 2.52. The molecule has 0 N–H and O–H groups in total. The Morgan fingerprint density at radius 1 is 1.29 bits per heavy atom. The van der Waals surface area contributed by atoms with Gasteiger partial charge in [-0.25, -0.2) is 9.78 Å². The number of nitrogens with zero attached hydrogens (tertiary/aromatic N) is 1. The highest BCUT2D eigenvalue weighted by Crippen LogP contribution is 2.34. The highest BCUT2D eigenvalue weighted by molar-refractivity contribution is 6.29. The number of rotatable bonds is 3. The maximum absolute atomic E-state index is 12.2. The summed E-state index contributed by atoms with van der Waals surface area (Å²) in [7, 11) is 0. The SMILES string of the molecule is O=C(OCc1ccnc(Cl)c1)c1cccc2c1OCCO2. The first-order chi connectivity index (χ1) is 10.2.